The van der Waals surface area contributed by atoms with E-state index in [0.29, 0.717) is 120 Å². The van der Waals surface area contributed by atoms with Crippen molar-refractivity contribution in [1.29, 1.82) is 0 Å². The number of carbonyl (C=O) groups excluding carboxylic acids is 2. The molecule has 0 spiro atoms. The molecule has 16 bridgehead atoms. The fourth-order valence-corrected chi connectivity index (χ4v) is 24.7. The van der Waals surface area contributed by atoms with Gasteiger partial charge in [-0.15, -0.1) is 0 Å². The Labute approximate surface area is 528 Å². The summed E-state index contributed by atoms with van der Waals surface area (Å²) in [7, 11) is 0. The normalized spacial score (nSPS) is 55.4. The van der Waals surface area contributed by atoms with Gasteiger partial charge in [0, 0.05) is 35.6 Å². The zero-order chi connectivity index (χ0) is 57.3. The molecule has 18 aliphatic rings. The average Bonchev–Trinajstić information content (AvgIpc) is 1.98. The zero-order valence-electron chi connectivity index (χ0n) is 51.8. The number of fused-ring (bicyclic) bond motifs is 40. The van der Waals surface area contributed by atoms with Crippen LogP contribution < -0.4 is 95.3 Å². The SMILES string of the molecule is O=C([O-])C1CCCC2C3NC4NC(NC5NC(NC6NC(NC(N3)C12)C1CCCCC61)C1CCCCC51)C1CCCCC41.O=C([O-])C1CCCC2C3NC4NC(NC5NC(NC6NC(NC(N3)C12)C1CCCCC61)C1CCCCC51)C1CCCCC41.[Ni+2]. The molecule has 34 unspecified atom stereocenters. The third-order valence-corrected chi connectivity index (χ3v) is 28.4. The molecule has 10 aliphatic heterocycles. The smallest absolute Gasteiger partial charge is 0.550 e. The van der Waals surface area contributed by atoms with Gasteiger partial charge in [-0.25, -0.2) is 0 Å². The summed E-state index contributed by atoms with van der Waals surface area (Å²) in [4.78, 5) is 25.0. The topological polar surface area (TPSA) is 273 Å². The number of nitrogens with one attached hydrogen (secondary N) is 16. The first-order chi connectivity index (χ1) is 42.2. The predicted molar refractivity (Wildman–Crippen MR) is 322 cm³/mol. The van der Waals surface area contributed by atoms with E-state index >= 15 is 0 Å². The molecule has 18 fully saturated rings. The summed E-state index contributed by atoms with van der Waals surface area (Å²) in [6, 6.07) is 0. The van der Waals surface area contributed by atoms with Crippen LogP contribution in [0.4, 0.5) is 0 Å². The van der Waals surface area contributed by atoms with E-state index in [2.05, 4.69) is 85.1 Å². The van der Waals surface area contributed by atoms with Gasteiger partial charge >= 0.3 is 16.5 Å². The fraction of sp³-hybridized carbons (Fsp3) is 0.970. The van der Waals surface area contributed by atoms with Crippen LogP contribution in [-0.2, 0) is 26.1 Å². The molecule has 87 heavy (non-hydrogen) atoms. The van der Waals surface area contributed by atoms with E-state index in [-0.39, 0.29) is 90.0 Å². The van der Waals surface area contributed by atoms with Crippen molar-refractivity contribution in [3.05, 3.63) is 0 Å². The fourth-order valence-electron chi connectivity index (χ4n) is 24.7. The first-order valence-corrected chi connectivity index (χ1v) is 36.8. The molecule has 21 heteroatoms. The van der Waals surface area contributed by atoms with Gasteiger partial charge in [-0.2, -0.15) is 0 Å². The molecular formula is C66H110N16NiO4. The van der Waals surface area contributed by atoms with Crippen molar-refractivity contribution < 1.29 is 36.3 Å². The summed E-state index contributed by atoms with van der Waals surface area (Å²) in [6.07, 6.45) is 40.3. The largest absolute Gasteiger partial charge is 2.00 e. The van der Waals surface area contributed by atoms with Crippen molar-refractivity contribution in [2.45, 2.75) is 291 Å². The molecule has 18 rings (SSSR count). The first kappa shape index (κ1) is 60.7. The number of hydrogen-bond donors (Lipinski definition) is 16. The molecule has 0 aromatic carbocycles. The maximum atomic E-state index is 12.5. The van der Waals surface area contributed by atoms with Gasteiger partial charge in [-0.1, -0.05) is 89.9 Å². The van der Waals surface area contributed by atoms with E-state index in [9.17, 15) is 19.8 Å². The Morgan fingerprint density at radius 2 is 0.333 bits per heavy atom. The van der Waals surface area contributed by atoms with Crippen molar-refractivity contribution >= 4 is 11.9 Å². The van der Waals surface area contributed by atoms with Gasteiger partial charge in [0.15, 0.2) is 0 Å². The maximum absolute atomic E-state index is 12.5. The van der Waals surface area contributed by atoms with Gasteiger partial charge in [-0.3, -0.25) is 85.1 Å². The Hall–Kier alpha value is -1.21. The Balaban J connectivity index is 0.000000139. The van der Waals surface area contributed by atoms with Gasteiger partial charge in [-0.05, 0) is 186 Å². The molecular weight excluding hydrogens is 1140 g/mol. The van der Waals surface area contributed by atoms with Gasteiger partial charge in [0.05, 0.1) is 98.7 Å². The molecule has 16 N–H and O–H groups in total. The monoisotopic (exact) mass is 1250 g/mol. The Morgan fingerprint density at radius 1 is 0.195 bits per heavy atom. The Bertz CT molecular complexity index is 2260. The molecule has 10 heterocycles. The number of carboxylic acid groups (broad SMARTS) is 2. The van der Waals surface area contributed by atoms with E-state index in [1.165, 1.54) is 154 Å². The number of hydrogen-bond acceptors (Lipinski definition) is 20. The number of carbonyl (C=O) groups is 2. The number of carboxylic acids is 2. The van der Waals surface area contributed by atoms with Gasteiger partial charge in [0.1, 0.15) is 0 Å². The molecule has 0 radical (unpaired) electrons. The second-order valence-electron chi connectivity index (χ2n) is 32.2. The molecule has 488 valence electrons. The van der Waals surface area contributed by atoms with Gasteiger partial charge < -0.3 is 19.8 Å². The number of rotatable bonds is 2. The van der Waals surface area contributed by atoms with E-state index < -0.39 is 23.8 Å². The van der Waals surface area contributed by atoms with E-state index in [0.717, 1.165) is 38.5 Å². The van der Waals surface area contributed by atoms with Crippen LogP contribution in [0.5, 0.6) is 0 Å². The predicted octanol–water partition coefficient (Wildman–Crippen LogP) is 1.16. The minimum absolute atomic E-state index is 0. The van der Waals surface area contributed by atoms with Crippen LogP contribution in [0.2, 0.25) is 0 Å². The summed E-state index contributed by atoms with van der Waals surface area (Å²) in [6.45, 7) is 0. The van der Waals surface area contributed by atoms with Crippen LogP contribution in [0.15, 0.2) is 0 Å². The zero-order valence-corrected chi connectivity index (χ0v) is 52.8. The van der Waals surface area contributed by atoms with Crippen molar-refractivity contribution in [1.82, 2.24) is 85.1 Å². The van der Waals surface area contributed by atoms with Gasteiger partial charge in [0.25, 0.3) is 0 Å². The van der Waals surface area contributed by atoms with E-state index in [1.54, 1.807) is 0 Å². The summed E-state index contributed by atoms with van der Waals surface area (Å²) in [5.74, 6) is 5.66. The molecule has 0 amide bonds. The average molecular weight is 1250 g/mol. The Kier molecular flexibility index (Phi) is 17.8. The second kappa shape index (κ2) is 25.5. The van der Waals surface area contributed by atoms with Crippen LogP contribution in [-0.4, -0.2) is 111 Å². The van der Waals surface area contributed by atoms with Crippen molar-refractivity contribution in [3.63, 3.8) is 0 Å². The summed E-state index contributed by atoms with van der Waals surface area (Å²) in [5.41, 5.74) is 0. The molecule has 0 aromatic heterocycles. The van der Waals surface area contributed by atoms with Gasteiger partial charge in [0.2, 0.25) is 0 Å². The molecule has 8 saturated carbocycles. The van der Waals surface area contributed by atoms with Crippen LogP contribution in [0, 0.1) is 107 Å². The second-order valence-corrected chi connectivity index (χ2v) is 32.2. The summed E-state index contributed by atoms with van der Waals surface area (Å²) >= 11 is 0. The van der Waals surface area contributed by atoms with Crippen molar-refractivity contribution in [3.8, 4) is 0 Å². The first-order valence-electron chi connectivity index (χ1n) is 36.8. The van der Waals surface area contributed by atoms with Crippen LogP contribution >= 0.6 is 0 Å². The number of aliphatic carboxylic acids is 2. The third kappa shape index (κ3) is 11.1. The standard InChI is InChI=1S/2C33H56N8O2.Ni/c2*42-33(43)23-15-7-14-22-24(23)32-40-30-21-13-6-5-12-20(21)28(38-30)36-26-17-9-2-1-8-16(17)25(34-26)35-27-18-10-3-4-11-19(18)29(37-27)39-31(22)41-32;/h2*16-32,34-41H,1-15H2,(H,42,43);/q;;+2/p-2. The summed E-state index contributed by atoms with van der Waals surface area (Å²) < 4.78 is 0. The quantitative estimate of drug-likeness (QED) is 0.173. The molecule has 10 saturated heterocycles. The minimum atomic E-state index is -0.857. The van der Waals surface area contributed by atoms with Crippen molar-refractivity contribution in [2.75, 3.05) is 0 Å². The van der Waals surface area contributed by atoms with E-state index in [4.69, 9.17) is 0 Å². The van der Waals surface area contributed by atoms with E-state index in [1.807, 2.05) is 0 Å². The molecule has 8 aliphatic carbocycles. The van der Waals surface area contributed by atoms with Crippen molar-refractivity contribution in [2.24, 2.45) is 107 Å². The molecule has 0 aromatic rings. The third-order valence-electron chi connectivity index (χ3n) is 28.4. The van der Waals surface area contributed by atoms with Crippen LogP contribution in [0.1, 0.15) is 193 Å². The summed E-state index contributed by atoms with van der Waals surface area (Å²) in [5, 5.41) is 90.7. The minimum Gasteiger partial charge on any atom is -0.550 e. The maximum Gasteiger partial charge on any atom is 2.00 e. The molecule has 20 nitrogen and oxygen atoms in total. The van der Waals surface area contributed by atoms with Crippen LogP contribution in [0.3, 0.4) is 0 Å². The van der Waals surface area contributed by atoms with Crippen LogP contribution in [0.25, 0.3) is 0 Å². The Morgan fingerprint density at radius 3 is 0.494 bits per heavy atom. The molecule has 34 atom stereocenters.